The van der Waals surface area contributed by atoms with Gasteiger partial charge in [0, 0.05) is 18.1 Å². The van der Waals surface area contributed by atoms with Crippen molar-refractivity contribution >= 4 is 29.1 Å². The topological polar surface area (TPSA) is 20.3 Å². The minimum atomic E-state index is 0.0205. The highest BCUT2D eigenvalue weighted by molar-refractivity contribution is 6.36. The average Bonchev–Trinajstić information content (AvgIpc) is 3.08. The highest BCUT2D eigenvalue weighted by atomic mass is 35.5. The standard InChI is InChI=1S/C19H23Cl2NO/c1-12(2)10-22(11-15-8-13-3-4-14(15)7-13)19(23)17-6-5-16(20)9-18(17)21/h3-6,9,12-15H,7-8,10-11H2,1-2H3. The van der Waals surface area contributed by atoms with Gasteiger partial charge >= 0.3 is 0 Å². The molecule has 0 radical (unpaired) electrons. The molecular weight excluding hydrogens is 329 g/mol. The molecule has 0 heterocycles. The van der Waals surface area contributed by atoms with E-state index in [9.17, 15) is 4.79 Å². The van der Waals surface area contributed by atoms with Crippen molar-refractivity contribution in [1.82, 2.24) is 4.90 Å². The molecule has 4 heteroatoms. The second-order valence-electron chi connectivity index (χ2n) is 7.27. The molecule has 1 aromatic carbocycles. The molecule has 0 spiro atoms. The van der Waals surface area contributed by atoms with Crippen LogP contribution in [-0.2, 0) is 0 Å². The number of hydrogen-bond donors (Lipinski definition) is 0. The first-order valence-corrected chi connectivity index (χ1v) is 9.12. The quantitative estimate of drug-likeness (QED) is 0.658. The zero-order valence-corrected chi connectivity index (χ0v) is 15.1. The van der Waals surface area contributed by atoms with Crippen molar-refractivity contribution in [1.29, 1.82) is 0 Å². The Morgan fingerprint density at radius 1 is 1.26 bits per heavy atom. The molecule has 3 atom stereocenters. The zero-order chi connectivity index (χ0) is 16.6. The molecule has 0 aromatic heterocycles. The van der Waals surface area contributed by atoms with E-state index in [0.717, 1.165) is 19.0 Å². The average molecular weight is 352 g/mol. The number of benzene rings is 1. The van der Waals surface area contributed by atoms with Gasteiger partial charge in [0.2, 0.25) is 0 Å². The number of rotatable bonds is 5. The molecular formula is C19H23Cl2NO. The summed E-state index contributed by atoms with van der Waals surface area (Å²) in [5.41, 5.74) is 0.551. The summed E-state index contributed by atoms with van der Waals surface area (Å²) in [5.74, 6) is 2.40. The molecule has 1 fully saturated rings. The maximum Gasteiger partial charge on any atom is 0.255 e. The van der Waals surface area contributed by atoms with Gasteiger partial charge in [0.15, 0.2) is 0 Å². The zero-order valence-electron chi connectivity index (χ0n) is 13.6. The molecule has 124 valence electrons. The van der Waals surface area contributed by atoms with Crippen LogP contribution in [0, 0.1) is 23.7 Å². The Kier molecular flexibility index (Phi) is 5.03. The number of amides is 1. The van der Waals surface area contributed by atoms with Crippen LogP contribution in [0.4, 0.5) is 0 Å². The van der Waals surface area contributed by atoms with Crippen molar-refractivity contribution in [2.45, 2.75) is 26.7 Å². The molecule has 3 rings (SSSR count). The van der Waals surface area contributed by atoms with E-state index in [4.69, 9.17) is 23.2 Å². The number of carbonyl (C=O) groups excluding carboxylic acids is 1. The summed E-state index contributed by atoms with van der Waals surface area (Å²) in [6.45, 7) is 5.87. The molecule has 23 heavy (non-hydrogen) atoms. The van der Waals surface area contributed by atoms with Crippen LogP contribution in [0.15, 0.2) is 30.4 Å². The van der Waals surface area contributed by atoms with Gasteiger partial charge in [0.25, 0.3) is 5.91 Å². The Hall–Kier alpha value is -0.990. The van der Waals surface area contributed by atoms with Crippen molar-refractivity contribution < 1.29 is 4.79 Å². The first-order valence-electron chi connectivity index (χ1n) is 8.36. The molecule has 2 aliphatic carbocycles. The molecule has 1 amide bonds. The molecule has 2 bridgehead atoms. The number of allylic oxidation sites excluding steroid dienone is 2. The summed E-state index contributed by atoms with van der Waals surface area (Å²) in [6, 6.07) is 5.11. The minimum absolute atomic E-state index is 0.0205. The monoisotopic (exact) mass is 351 g/mol. The van der Waals surface area contributed by atoms with Gasteiger partial charge in [-0.15, -0.1) is 0 Å². The molecule has 2 nitrogen and oxygen atoms in total. The van der Waals surface area contributed by atoms with Gasteiger partial charge in [0.05, 0.1) is 10.6 Å². The summed E-state index contributed by atoms with van der Waals surface area (Å²) in [5, 5.41) is 0.990. The second-order valence-corrected chi connectivity index (χ2v) is 8.11. The van der Waals surface area contributed by atoms with Crippen LogP contribution in [0.25, 0.3) is 0 Å². The van der Waals surface area contributed by atoms with E-state index in [1.807, 2.05) is 4.90 Å². The van der Waals surface area contributed by atoms with Crippen LogP contribution < -0.4 is 0 Å². The molecule has 0 N–H and O–H groups in total. The Morgan fingerprint density at radius 3 is 2.61 bits per heavy atom. The first-order chi connectivity index (χ1) is 10.9. The van der Waals surface area contributed by atoms with Crippen molar-refractivity contribution in [3.63, 3.8) is 0 Å². The third-order valence-electron chi connectivity index (χ3n) is 4.91. The van der Waals surface area contributed by atoms with Crippen LogP contribution in [0.2, 0.25) is 10.0 Å². The predicted molar refractivity (Wildman–Crippen MR) is 96.0 cm³/mol. The van der Waals surface area contributed by atoms with E-state index >= 15 is 0 Å². The molecule has 2 aliphatic rings. The summed E-state index contributed by atoms with van der Waals surface area (Å²) < 4.78 is 0. The number of fused-ring (bicyclic) bond motifs is 2. The Labute approximate surface area is 148 Å². The summed E-state index contributed by atoms with van der Waals surface area (Å²) in [7, 11) is 0. The fourth-order valence-electron chi connectivity index (χ4n) is 3.90. The molecule has 0 aliphatic heterocycles. The smallest absolute Gasteiger partial charge is 0.255 e. The number of halogens is 2. The van der Waals surface area contributed by atoms with Crippen molar-refractivity contribution in [2.24, 2.45) is 23.7 Å². The van der Waals surface area contributed by atoms with Gasteiger partial charge in [-0.2, -0.15) is 0 Å². The van der Waals surface area contributed by atoms with Crippen molar-refractivity contribution in [3.8, 4) is 0 Å². The predicted octanol–water partition coefficient (Wildman–Crippen LogP) is 5.30. The SMILES string of the molecule is CC(C)CN(CC1CC2C=CC1C2)C(=O)c1ccc(Cl)cc1Cl. The lowest BCUT2D eigenvalue weighted by Gasteiger charge is -2.30. The van der Waals surface area contributed by atoms with Crippen LogP contribution >= 0.6 is 23.2 Å². The third kappa shape index (κ3) is 3.75. The van der Waals surface area contributed by atoms with Crippen molar-refractivity contribution in [3.05, 3.63) is 46.0 Å². The van der Waals surface area contributed by atoms with E-state index in [2.05, 4.69) is 26.0 Å². The normalized spacial score (nSPS) is 25.3. The number of nitrogens with zero attached hydrogens (tertiary/aromatic N) is 1. The van der Waals surface area contributed by atoms with Gasteiger partial charge in [-0.25, -0.2) is 0 Å². The van der Waals surface area contributed by atoms with E-state index in [-0.39, 0.29) is 5.91 Å². The van der Waals surface area contributed by atoms with E-state index in [1.165, 1.54) is 12.8 Å². The maximum atomic E-state index is 13.0. The Bertz CT molecular complexity index is 626. The lowest BCUT2D eigenvalue weighted by molar-refractivity contribution is 0.0697. The molecule has 0 saturated heterocycles. The lowest BCUT2D eigenvalue weighted by Crippen LogP contribution is -2.39. The van der Waals surface area contributed by atoms with Crippen molar-refractivity contribution in [2.75, 3.05) is 13.1 Å². The summed E-state index contributed by atoms with van der Waals surface area (Å²) >= 11 is 12.2. The second kappa shape index (κ2) is 6.86. The van der Waals surface area contributed by atoms with Gasteiger partial charge in [0.1, 0.15) is 0 Å². The Balaban J connectivity index is 1.77. The summed E-state index contributed by atoms with van der Waals surface area (Å²) in [6.07, 6.45) is 7.14. The van der Waals surface area contributed by atoms with Gasteiger partial charge in [-0.3, -0.25) is 4.79 Å². The highest BCUT2D eigenvalue weighted by Crippen LogP contribution is 2.43. The molecule has 3 unspecified atom stereocenters. The van der Waals surface area contributed by atoms with Gasteiger partial charge in [-0.05, 0) is 54.7 Å². The van der Waals surface area contributed by atoms with Crippen LogP contribution in [0.5, 0.6) is 0 Å². The Morgan fingerprint density at radius 2 is 2.04 bits per heavy atom. The molecule has 1 aromatic rings. The minimum Gasteiger partial charge on any atom is -0.338 e. The fourth-order valence-corrected chi connectivity index (χ4v) is 4.39. The third-order valence-corrected chi connectivity index (χ3v) is 5.45. The number of carbonyl (C=O) groups is 1. The van der Waals surface area contributed by atoms with E-state index in [1.54, 1.807) is 18.2 Å². The summed E-state index contributed by atoms with van der Waals surface area (Å²) in [4.78, 5) is 15.0. The van der Waals surface area contributed by atoms with E-state index in [0.29, 0.717) is 33.4 Å². The largest absolute Gasteiger partial charge is 0.338 e. The lowest BCUT2D eigenvalue weighted by atomic mass is 9.92. The highest BCUT2D eigenvalue weighted by Gasteiger charge is 2.37. The first kappa shape index (κ1) is 16.9. The van der Waals surface area contributed by atoms with Gasteiger partial charge in [-0.1, -0.05) is 49.2 Å². The molecule has 1 saturated carbocycles. The van der Waals surface area contributed by atoms with Crippen LogP contribution in [0.1, 0.15) is 37.0 Å². The maximum absolute atomic E-state index is 13.0. The van der Waals surface area contributed by atoms with E-state index < -0.39 is 0 Å². The van der Waals surface area contributed by atoms with Crippen LogP contribution in [0.3, 0.4) is 0 Å². The number of hydrogen-bond acceptors (Lipinski definition) is 1. The van der Waals surface area contributed by atoms with Crippen LogP contribution in [-0.4, -0.2) is 23.9 Å². The van der Waals surface area contributed by atoms with Gasteiger partial charge < -0.3 is 4.90 Å². The fraction of sp³-hybridized carbons (Fsp3) is 0.526.